The van der Waals surface area contributed by atoms with E-state index in [1.807, 2.05) is 6.92 Å². The van der Waals surface area contributed by atoms with Gasteiger partial charge in [0.15, 0.2) is 0 Å². The Bertz CT molecular complexity index is 544. The van der Waals surface area contributed by atoms with E-state index in [1.165, 1.54) is 19.1 Å². The Morgan fingerprint density at radius 1 is 1.38 bits per heavy atom. The third-order valence-corrected chi connectivity index (χ3v) is 6.12. The van der Waals surface area contributed by atoms with Crippen LogP contribution in [0, 0.1) is 0 Å². The van der Waals surface area contributed by atoms with E-state index in [9.17, 15) is 5.11 Å². The fourth-order valence-corrected chi connectivity index (χ4v) is 4.43. The van der Waals surface area contributed by atoms with Crippen molar-refractivity contribution in [1.82, 2.24) is 0 Å². The van der Waals surface area contributed by atoms with Crippen LogP contribution in [0.1, 0.15) is 44.1 Å². The van der Waals surface area contributed by atoms with Crippen LogP contribution in [-0.2, 0) is 0 Å². The molecule has 1 N–H and O–H groups in total. The summed E-state index contributed by atoms with van der Waals surface area (Å²) in [6, 6.07) is 4.26. The number of hydrogen-bond acceptors (Lipinski definition) is 2. The van der Waals surface area contributed by atoms with Gasteiger partial charge in [-0.15, -0.1) is 9.24 Å². The molecular weight excluding hydrogens is 298 g/mol. The van der Waals surface area contributed by atoms with Crippen LogP contribution >= 0.6 is 17.4 Å². The quantitative estimate of drug-likeness (QED) is 0.863. The van der Waals surface area contributed by atoms with Gasteiger partial charge in [-0.1, -0.05) is 26.4 Å². The maximum atomic E-state index is 9.71. The van der Waals surface area contributed by atoms with Crippen molar-refractivity contribution in [3.8, 4) is 5.75 Å². The second-order valence-corrected chi connectivity index (χ2v) is 7.27. The predicted molar refractivity (Wildman–Crippen MR) is 97.0 cm³/mol. The Morgan fingerprint density at radius 3 is 2.62 bits per heavy atom. The fourth-order valence-electron chi connectivity index (χ4n) is 2.82. The zero-order valence-electron chi connectivity index (χ0n) is 12.8. The highest BCUT2D eigenvalue weighted by molar-refractivity contribution is 7.50. The summed E-state index contributed by atoms with van der Waals surface area (Å²) in [5, 5.41) is 12.2. The van der Waals surface area contributed by atoms with Crippen LogP contribution < -0.4 is 15.3 Å². The number of ether oxygens (including phenoxy) is 1. The van der Waals surface area contributed by atoms with Crippen LogP contribution in [0.25, 0.3) is 0 Å². The van der Waals surface area contributed by atoms with Crippen molar-refractivity contribution in [3.63, 3.8) is 0 Å². The van der Waals surface area contributed by atoms with Crippen LogP contribution in [0.3, 0.4) is 0 Å². The van der Waals surface area contributed by atoms with E-state index in [2.05, 4.69) is 33.7 Å². The van der Waals surface area contributed by atoms with Gasteiger partial charge < -0.3 is 9.84 Å². The Kier molecular flexibility index (Phi) is 5.99. The number of aliphatic hydroxyl groups is 1. The third kappa shape index (κ3) is 4.16. The van der Waals surface area contributed by atoms with Crippen LogP contribution in [-0.4, -0.2) is 24.1 Å². The molecule has 0 aliphatic heterocycles. The molecule has 1 fully saturated rings. The predicted octanol–water partition coefficient (Wildman–Crippen LogP) is 3.16. The van der Waals surface area contributed by atoms with Gasteiger partial charge in [0.25, 0.3) is 0 Å². The van der Waals surface area contributed by atoms with Gasteiger partial charge >= 0.3 is 0 Å². The van der Waals surface area contributed by atoms with Crippen LogP contribution in [0.5, 0.6) is 5.75 Å². The van der Waals surface area contributed by atoms with Crippen molar-refractivity contribution in [2.24, 2.45) is 0 Å². The summed E-state index contributed by atoms with van der Waals surface area (Å²) in [5.41, 5.74) is 2.47. The zero-order valence-corrected chi connectivity index (χ0v) is 14.9. The number of allylic oxidation sites excluding steroid dienone is 1. The lowest BCUT2D eigenvalue weighted by molar-refractivity contribution is 0.122. The molecule has 114 valence electrons. The highest BCUT2D eigenvalue weighted by Gasteiger charge is 2.23. The van der Waals surface area contributed by atoms with Crippen molar-refractivity contribution >= 4 is 33.8 Å². The normalized spacial score (nSPS) is 22.5. The summed E-state index contributed by atoms with van der Waals surface area (Å²) in [7, 11) is 5.70. The Labute approximate surface area is 131 Å². The minimum absolute atomic E-state index is 0.113. The van der Waals surface area contributed by atoms with E-state index in [0.29, 0.717) is 5.92 Å². The largest absolute Gasteiger partial charge is 0.496 e. The first-order chi connectivity index (χ1) is 10.0. The smallest absolute Gasteiger partial charge is 0.126 e. The van der Waals surface area contributed by atoms with Crippen molar-refractivity contribution in [2.45, 2.75) is 44.6 Å². The second kappa shape index (κ2) is 7.54. The van der Waals surface area contributed by atoms with E-state index in [-0.39, 0.29) is 6.10 Å². The Morgan fingerprint density at radius 2 is 2.05 bits per heavy atom. The van der Waals surface area contributed by atoms with Gasteiger partial charge in [0, 0.05) is 10.6 Å². The molecule has 1 aliphatic rings. The molecule has 4 heteroatoms. The minimum Gasteiger partial charge on any atom is -0.496 e. The molecule has 0 radical (unpaired) electrons. The molecule has 0 bridgehead atoms. The molecule has 1 unspecified atom stereocenters. The van der Waals surface area contributed by atoms with E-state index >= 15 is 0 Å². The summed E-state index contributed by atoms with van der Waals surface area (Å²) in [6.07, 6.45) is 3.82. The molecule has 1 aliphatic carbocycles. The molecule has 0 heterocycles. The van der Waals surface area contributed by atoms with E-state index in [4.69, 9.17) is 4.74 Å². The maximum Gasteiger partial charge on any atom is 0.126 e. The molecule has 0 aromatic heterocycles. The van der Waals surface area contributed by atoms with Gasteiger partial charge in [0.2, 0.25) is 0 Å². The Hall–Kier alpha value is -0.680. The molecule has 0 spiro atoms. The lowest BCUT2D eigenvalue weighted by Crippen LogP contribution is -2.25. The first-order valence-corrected chi connectivity index (χ1v) is 8.91. The molecule has 1 aromatic carbocycles. The van der Waals surface area contributed by atoms with Gasteiger partial charge in [0.05, 0.1) is 13.2 Å². The molecule has 0 amide bonds. The van der Waals surface area contributed by atoms with Gasteiger partial charge in [-0.2, -0.15) is 0 Å². The average molecular weight is 322 g/mol. The first kappa shape index (κ1) is 16.7. The van der Waals surface area contributed by atoms with Crippen molar-refractivity contribution in [3.05, 3.63) is 29.8 Å². The third-order valence-electron chi connectivity index (χ3n) is 3.98. The van der Waals surface area contributed by atoms with Crippen molar-refractivity contribution in [1.29, 1.82) is 0 Å². The molecule has 1 aromatic rings. The number of rotatable bonds is 4. The highest BCUT2D eigenvalue weighted by Crippen LogP contribution is 2.34. The molecule has 1 saturated carbocycles. The Balaban J connectivity index is 2.39. The van der Waals surface area contributed by atoms with Crippen molar-refractivity contribution < 1.29 is 9.84 Å². The summed E-state index contributed by atoms with van der Waals surface area (Å²) in [4.78, 5) is 0. The van der Waals surface area contributed by atoms with Gasteiger partial charge in [0.1, 0.15) is 5.75 Å². The molecular formula is C17H24O2P2. The summed E-state index contributed by atoms with van der Waals surface area (Å²) in [5.74, 6) is 3.60. The van der Waals surface area contributed by atoms with Crippen LogP contribution in [0.4, 0.5) is 0 Å². The topological polar surface area (TPSA) is 29.5 Å². The van der Waals surface area contributed by atoms with E-state index < -0.39 is 0 Å². The number of hydrogen-bond donors (Lipinski definition) is 1. The minimum atomic E-state index is -0.113. The molecule has 21 heavy (non-hydrogen) atoms. The monoisotopic (exact) mass is 322 g/mol. The summed E-state index contributed by atoms with van der Waals surface area (Å²) < 4.78 is 5.45. The maximum absolute atomic E-state index is 9.71. The lowest BCUT2D eigenvalue weighted by atomic mass is 9.83. The molecule has 0 saturated heterocycles. The number of methoxy groups -OCH3 is 1. The van der Waals surface area contributed by atoms with E-state index in [1.54, 1.807) is 7.11 Å². The van der Waals surface area contributed by atoms with Crippen LogP contribution in [0.2, 0.25) is 0 Å². The standard InChI is InChI=1S/C17H24O2P2/c1-11(2)10-21-17-14(8-9-15(19-3)16(17)20)12-4-6-13(18)7-5-12/h8-10,12-13,18H,1,4-7,20H2,2-3H3. The number of benzene rings is 1. The SMILES string of the molecule is C=C(C)C=Pc1c(C2CCC(O)CC2)ccc(OC)c1P. The van der Waals surface area contributed by atoms with Crippen molar-refractivity contribution in [2.75, 3.05) is 7.11 Å². The van der Waals surface area contributed by atoms with Crippen LogP contribution in [0.15, 0.2) is 24.3 Å². The number of aliphatic hydroxyl groups excluding tert-OH is 1. The second-order valence-electron chi connectivity index (χ2n) is 5.73. The van der Waals surface area contributed by atoms with Gasteiger partial charge in [-0.3, -0.25) is 0 Å². The summed E-state index contributed by atoms with van der Waals surface area (Å²) >= 11 is 0. The fraction of sp³-hybridized carbons (Fsp3) is 0.471. The lowest BCUT2D eigenvalue weighted by Gasteiger charge is -2.27. The average Bonchev–Trinajstić information content (AvgIpc) is 2.46. The summed E-state index contributed by atoms with van der Waals surface area (Å²) in [6.45, 7) is 5.98. The molecule has 1 atom stereocenters. The molecule has 2 rings (SSSR count). The highest BCUT2D eigenvalue weighted by atomic mass is 31.1. The van der Waals surface area contributed by atoms with Gasteiger partial charge in [-0.05, 0) is 56.0 Å². The van der Waals surface area contributed by atoms with E-state index in [0.717, 1.165) is 42.3 Å². The first-order valence-electron chi connectivity index (χ1n) is 7.37. The molecule has 2 nitrogen and oxygen atoms in total. The van der Waals surface area contributed by atoms with Gasteiger partial charge in [-0.25, -0.2) is 0 Å². The zero-order chi connectivity index (χ0) is 15.4.